The molecule has 0 saturated carbocycles. The van der Waals surface area contributed by atoms with Crippen LogP contribution in [-0.4, -0.2) is 55.8 Å². The molecule has 28 heavy (non-hydrogen) atoms. The molecule has 1 aromatic heterocycles. The lowest BCUT2D eigenvalue weighted by molar-refractivity contribution is -0.109. The maximum absolute atomic E-state index is 11.8. The molecule has 0 spiro atoms. The van der Waals surface area contributed by atoms with Crippen molar-refractivity contribution in [3.63, 3.8) is 0 Å². The number of ether oxygens (including phenoxy) is 1. The fourth-order valence-electron chi connectivity index (χ4n) is 3.14. The first-order valence-corrected chi connectivity index (χ1v) is 9.22. The Bertz CT molecular complexity index is 1010. The normalized spacial score (nSPS) is 14.5. The molecule has 4 rings (SSSR count). The number of phenolic OH excluding ortho intramolecular Hbond substituents is 1. The molecule has 0 atom stereocenters. The predicted octanol–water partition coefficient (Wildman–Crippen LogP) is 2.02. The molecule has 7 heteroatoms. The van der Waals surface area contributed by atoms with E-state index in [1.54, 1.807) is 12.1 Å². The molecule has 1 aliphatic rings. The van der Waals surface area contributed by atoms with Crippen LogP contribution in [0.2, 0.25) is 0 Å². The zero-order valence-corrected chi connectivity index (χ0v) is 15.8. The topological polar surface area (TPSA) is 92.0 Å². The maximum atomic E-state index is 11.8. The second kappa shape index (κ2) is 9.34. The number of hydrogen-bond donors (Lipinski definition) is 2. The molecule has 1 fully saturated rings. The Hall–Kier alpha value is -2.90. The number of nitrogens with one attached hydrogen (secondary N) is 1. The molecule has 148 valence electrons. The lowest BCUT2D eigenvalue weighted by Crippen LogP contribution is -2.40. The fourth-order valence-corrected chi connectivity index (χ4v) is 3.14. The van der Waals surface area contributed by atoms with Gasteiger partial charge in [0.15, 0.2) is 0 Å². The molecule has 2 N–H and O–H groups in total. The van der Waals surface area contributed by atoms with Crippen LogP contribution >= 0.6 is 0 Å². The number of rotatable bonds is 4. The minimum atomic E-state index is -0.373. The highest BCUT2D eigenvalue weighted by Gasteiger charge is 2.09. The summed E-state index contributed by atoms with van der Waals surface area (Å²) in [4.78, 5) is 24.0. The molecule has 1 aliphatic heterocycles. The van der Waals surface area contributed by atoms with E-state index in [9.17, 15) is 14.7 Å². The summed E-state index contributed by atoms with van der Waals surface area (Å²) in [5, 5.41) is 14.3. The van der Waals surface area contributed by atoms with Gasteiger partial charge in [-0.15, -0.1) is 0 Å². The third-order valence-corrected chi connectivity index (χ3v) is 4.61. The molecule has 0 aliphatic carbocycles. The summed E-state index contributed by atoms with van der Waals surface area (Å²) in [6, 6.07) is 10.5. The van der Waals surface area contributed by atoms with Crippen molar-refractivity contribution in [2.75, 3.05) is 39.4 Å². The van der Waals surface area contributed by atoms with Crippen LogP contribution in [-0.2, 0) is 9.53 Å². The number of carbonyl (C=O) groups excluding carboxylic acids is 1. The highest BCUT2D eigenvalue weighted by Crippen LogP contribution is 2.26. The number of aromatic hydroxyl groups is 1. The van der Waals surface area contributed by atoms with Crippen LogP contribution in [0.5, 0.6) is 5.75 Å². The van der Waals surface area contributed by atoms with Crippen molar-refractivity contribution >= 4 is 28.2 Å². The molecular formula is C21H24N2O5. The lowest BCUT2D eigenvalue weighted by Gasteiger charge is -2.26. The Morgan fingerprint density at radius 2 is 1.86 bits per heavy atom. The van der Waals surface area contributed by atoms with Gasteiger partial charge in [0.25, 0.3) is 0 Å². The molecule has 0 unspecified atom stereocenters. The van der Waals surface area contributed by atoms with Crippen LogP contribution in [0, 0.1) is 6.92 Å². The number of aryl methyl sites for hydroxylation is 1. The Morgan fingerprint density at radius 1 is 1.11 bits per heavy atom. The van der Waals surface area contributed by atoms with E-state index in [-0.39, 0.29) is 11.4 Å². The van der Waals surface area contributed by atoms with Crippen molar-refractivity contribution in [1.29, 1.82) is 0 Å². The molecule has 2 heterocycles. The monoisotopic (exact) mass is 384 g/mol. The first-order valence-electron chi connectivity index (χ1n) is 9.22. The Labute approximate surface area is 162 Å². The number of carbonyl (C=O) groups is 1. The predicted molar refractivity (Wildman–Crippen MR) is 108 cm³/mol. The first kappa shape index (κ1) is 19.9. The van der Waals surface area contributed by atoms with E-state index in [1.807, 2.05) is 25.1 Å². The van der Waals surface area contributed by atoms with E-state index in [0.29, 0.717) is 11.0 Å². The standard InChI is InChI=1S/C14H10O3.C7H14N2O2/c1-8-2-4-10-11-5-3-9(15)7-13(11)17-14(16)12(10)6-8;10-7-8-1-2-9-3-5-11-6-4-9/h2-7,15H,1H3;7H,1-6H2,(H,8,10). The van der Waals surface area contributed by atoms with Crippen LogP contribution in [0.25, 0.3) is 21.7 Å². The van der Waals surface area contributed by atoms with Gasteiger partial charge in [0.05, 0.1) is 18.6 Å². The van der Waals surface area contributed by atoms with Crippen molar-refractivity contribution in [2.45, 2.75) is 6.92 Å². The molecule has 0 radical (unpaired) electrons. The largest absolute Gasteiger partial charge is 0.508 e. The minimum absolute atomic E-state index is 0.0899. The van der Waals surface area contributed by atoms with E-state index in [4.69, 9.17) is 9.15 Å². The summed E-state index contributed by atoms with van der Waals surface area (Å²) >= 11 is 0. The smallest absolute Gasteiger partial charge is 0.344 e. The molecule has 7 nitrogen and oxygen atoms in total. The van der Waals surface area contributed by atoms with Crippen molar-refractivity contribution in [1.82, 2.24) is 10.2 Å². The van der Waals surface area contributed by atoms with E-state index >= 15 is 0 Å². The van der Waals surface area contributed by atoms with Gasteiger partial charge in [0, 0.05) is 37.6 Å². The number of hydrogen-bond acceptors (Lipinski definition) is 6. The van der Waals surface area contributed by atoms with Gasteiger partial charge < -0.3 is 19.6 Å². The third-order valence-electron chi connectivity index (χ3n) is 4.61. The average molecular weight is 384 g/mol. The molecule has 1 saturated heterocycles. The first-order chi connectivity index (χ1) is 13.6. The van der Waals surface area contributed by atoms with Gasteiger partial charge in [-0.05, 0) is 30.5 Å². The van der Waals surface area contributed by atoms with Crippen LogP contribution in [0.15, 0.2) is 45.6 Å². The van der Waals surface area contributed by atoms with E-state index in [2.05, 4.69) is 10.2 Å². The average Bonchev–Trinajstić information content (AvgIpc) is 2.70. The highest BCUT2D eigenvalue weighted by atomic mass is 16.5. The second-order valence-corrected chi connectivity index (χ2v) is 6.65. The van der Waals surface area contributed by atoms with Gasteiger partial charge in [-0.3, -0.25) is 9.69 Å². The SMILES string of the molecule is Cc1ccc2c(c1)c(=O)oc1cc(O)ccc12.O=CNCCN1CCOCC1. The Balaban J connectivity index is 0.000000178. The number of morpholine rings is 1. The zero-order chi connectivity index (χ0) is 19.9. The van der Waals surface area contributed by atoms with Gasteiger partial charge in [0.2, 0.25) is 6.41 Å². The Morgan fingerprint density at radius 3 is 2.61 bits per heavy atom. The van der Waals surface area contributed by atoms with Gasteiger partial charge in [-0.25, -0.2) is 4.79 Å². The van der Waals surface area contributed by atoms with E-state index in [0.717, 1.165) is 62.1 Å². The number of amides is 1. The number of nitrogens with zero attached hydrogens (tertiary/aromatic N) is 1. The van der Waals surface area contributed by atoms with Gasteiger partial charge in [0.1, 0.15) is 11.3 Å². The molecule has 0 bridgehead atoms. The molecule has 2 aromatic carbocycles. The fraction of sp³-hybridized carbons (Fsp3) is 0.333. The highest BCUT2D eigenvalue weighted by molar-refractivity contribution is 6.04. The summed E-state index contributed by atoms with van der Waals surface area (Å²) in [6.07, 6.45) is 0.737. The zero-order valence-electron chi connectivity index (χ0n) is 15.8. The third kappa shape index (κ3) is 4.88. The van der Waals surface area contributed by atoms with Crippen LogP contribution in [0.1, 0.15) is 5.56 Å². The number of fused-ring (bicyclic) bond motifs is 3. The molecule has 3 aromatic rings. The van der Waals surface area contributed by atoms with Crippen molar-refractivity contribution in [3.05, 3.63) is 52.4 Å². The van der Waals surface area contributed by atoms with Gasteiger partial charge in [-0.2, -0.15) is 0 Å². The second-order valence-electron chi connectivity index (χ2n) is 6.65. The van der Waals surface area contributed by atoms with Crippen molar-refractivity contribution in [2.24, 2.45) is 0 Å². The Kier molecular flexibility index (Phi) is 6.62. The summed E-state index contributed by atoms with van der Waals surface area (Å²) in [5.41, 5.74) is 1.05. The quantitative estimate of drug-likeness (QED) is 0.310. The van der Waals surface area contributed by atoms with Gasteiger partial charge in [-0.1, -0.05) is 17.7 Å². The van der Waals surface area contributed by atoms with Crippen molar-refractivity contribution < 1.29 is 19.1 Å². The van der Waals surface area contributed by atoms with Crippen molar-refractivity contribution in [3.8, 4) is 5.75 Å². The maximum Gasteiger partial charge on any atom is 0.344 e. The van der Waals surface area contributed by atoms with Crippen LogP contribution in [0.4, 0.5) is 0 Å². The summed E-state index contributed by atoms with van der Waals surface area (Å²) in [6.45, 7) is 7.22. The lowest BCUT2D eigenvalue weighted by atomic mass is 10.1. The number of phenols is 1. The van der Waals surface area contributed by atoms with Gasteiger partial charge >= 0.3 is 5.63 Å². The number of benzene rings is 2. The minimum Gasteiger partial charge on any atom is -0.508 e. The molecular weight excluding hydrogens is 360 g/mol. The summed E-state index contributed by atoms with van der Waals surface area (Å²) in [7, 11) is 0. The summed E-state index contributed by atoms with van der Waals surface area (Å²) in [5.74, 6) is 0.0899. The van der Waals surface area contributed by atoms with Crippen LogP contribution < -0.4 is 10.9 Å². The molecule has 1 amide bonds. The summed E-state index contributed by atoms with van der Waals surface area (Å²) < 4.78 is 10.4. The van der Waals surface area contributed by atoms with E-state index in [1.165, 1.54) is 6.07 Å². The van der Waals surface area contributed by atoms with Crippen LogP contribution in [0.3, 0.4) is 0 Å². The van der Waals surface area contributed by atoms with E-state index < -0.39 is 0 Å².